The van der Waals surface area contributed by atoms with E-state index in [-0.39, 0.29) is 23.3 Å². The molecule has 1 amide bonds. The summed E-state index contributed by atoms with van der Waals surface area (Å²) < 4.78 is 31.9. The van der Waals surface area contributed by atoms with Crippen molar-refractivity contribution in [2.45, 2.75) is 18.8 Å². The van der Waals surface area contributed by atoms with Gasteiger partial charge >= 0.3 is 5.85 Å². The minimum atomic E-state index is -3.38. The van der Waals surface area contributed by atoms with Crippen LogP contribution in [0, 0.1) is 0 Å². The summed E-state index contributed by atoms with van der Waals surface area (Å²) in [5.74, 6) is -3.14. The number of piperazine rings is 1. The summed E-state index contributed by atoms with van der Waals surface area (Å²) in [6.07, 6.45) is 2.98. The molecule has 1 fully saturated rings. The Hall–Kier alpha value is -3.46. The highest BCUT2D eigenvalue weighted by molar-refractivity contribution is 7.17. The lowest BCUT2D eigenvalue weighted by Gasteiger charge is -2.40. The van der Waals surface area contributed by atoms with E-state index in [1.54, 1.807) is 24.2 Å². The Bertz CT molecular complexity index is 1230. The molecule has 178 valence electrons. The molecule has 1 unspecified atom stereocenters. The third-order valence-corrected chi connectivity index (χ3v) is 5.60. The van der Waals surface area contributed by atoms with Crippen molar-refractivity contribution < 1.29 is 18.3 Å². The van der Waals surface area contributed by atoms with Crippen LogP contribution in [0.1, 0.15) is 17.3 Å². The molecule has 0 spiro atoms. The molecule has 2 aromatic heterocycles. The highest BCUT2D eigenvalue weighted by atomic mass is 31.0. The van der Waals surface area contributed by atoms with Gasteiger partial charge in [0.1, 0.15) is 12.1 Å². The third kappa shape index (κ3) is 5.20. The predicted octanol–water partition coefficient (Wildman–Crippen LogP) is 2.39. The maximum atomic E-state index is 13.0. The van der Waals surface area contributed by atoms with Crippen molar-refractivity contribution in [2.24, 2.45) is 7.05 Å². The summed E-state index contributed by atoms with van der Waals surface area (Å²) in [7, 11) is 2.96. The zero-order valence-corrected chi connectivity index (χ0v) is 19.7. The number of carbonyl (C=O) groups is 1. The predicted molar refractivity (Wildman–Crippen MR) is 125 cm³/mol. The minimum absolute atomic E-state index is 0.0368. The van der Waals surface area contributed by atoms with E-state index in [1.807, 2.05) is 11.8 Å². The molecule has 0 saturated carbocycles. The molecular formula is C22H23F2N6O3P. The van der Waals surface area contributed by atoms with Crippen LogP contribution in [0.3, 0.4) is 0 Å². The van der Waals surface area contributed by atoms with E-state index in [0.717, 1.165) is 0 Å². The SMILES string of the molecule is C[C@@H]1CN(C(=O)c2ccc(OC(F)(F)P)cc2)CCN1c1nc(-c2ccncn2)cc(=O)n1C. The maximum Gasteiger partial charge on any atom is 0.408 e. The fraction of sp³-hybridized carbons (Fsp3) is 0.318. The number of halogens is 2. The monoisotopic (exact) mass is 488 g/mol. The molecule has 12 heteroatoms. The first kappa shape index (κ1) is 23.7. The lowest BCUT2D eigenvalue weighted by Crippen LogP contribution is -2.55. The Labute approximate surface area is 196 Å². The van der Waals surface area contributed by atoms with Gasteiger partial charge in [-0.3, -0.25) is 14.2 Å². The van der Waals surface area contributed by atoms with E-state index in [1.165, 1.54) is 50.5 Å². The van der Waals surface area contributed by atoms with Crippen molar-refractivity contribution in [1.29, 1.82) is 0 Å². The van der Waals surface area contributed by atoms with Crippen molar-refractivity contribution in [3.63, 3.8) is 0 Å². The van der Waals surface area contributed by atoms with Gasteiger partial charge in [-0.15, -0.1) is 0 Å². The summed E-state index contributed by atoms with van der Waals surface area (Å²) in [5.41, 5.74) is 1.14. The molecule has 9 nitrogen and oxygen atoms in total. The summed E-state index contributed by atoms with van der Waals surface area (Å²) in [6.45, 7) is 3.20. The van der Waals surface area contributed by atoms with Crippen LogP contribution >= 0.6 is 9.24 Å². The average Bonchev–Trinajstić information content (AvgIpc) is 2.80. The number of carbonyl (C=O) groups excluding carboxylic acids is 1. The number of ether oxygens (including phenoxy) is 1. The number of nitrogens with zero attached hydrogens (tertiary/aromatic N) is 6. The van der Waals surface area contributed by atoms with E-state index >= 15 is 0 Å². The zero-order chi connectivity index (χ0) is 24.5. The van der Waals surface area contributed by atoms with Gasteiger partial charge in [-0.1, -0.05) is 0 Å². The maximum absolute atomic E-state index is 13.0. The first-order valence-electron chi connectivity index (χ1n) is 10.5. The lowest BCUT2D eigenvalue weighted by atomic mass is 10.1. The van der Waals surface area contributed by atoms with Gasteiger partial charge in [-0.25, -0.2) is 15.0 Å². The van der Waals surface area contributed by atoms with Crippen LogP contribution in [0.4, 0.5) is 14.7 Å². The van der Waals surface area contributed by atoms with Crippen molar-refractivity contribution in [2.75, 3.05) is 24.5 Å². The molecule has 34 heavy (non-hydrogen) atoms. The van der Waals surface area contributed by atoms with Gasteiger partial charge in [-0.2, -0.15) is 8.78 Å². The van der Waals surface area contributed by atoms with Crippen LogP contribution in [-0.4, -0.2) is 61.9 Å². The molecule has 2 atom stereocenters. The van der Waals surface area contributed by atoms with Crippen LogP contribution < -0.4 is 15.2 Å². The van der Waals surface area contributed by atoms with Crippen LogP contribution in [0.2, 0.25) is 0 Å². The molecule has 3 heterocycles. The number of hydrogen-bond donors (Lipinski definition) is 0. The second kappa shape index (κ2) is 9.42. The van der Waals surface area contributed by atoms with Gasteiger partial charge in [0.05, 0.1) is 11.4 Å². The smallest absolute Gasteiger partial charge is 0.408 e. The van der Waals surface area contributed by atoms with E-state index in [0.29, 0.717) is 42.5 Å². The largest absolute Gasteiger partial charge is 0.430 e. The van der Waals surface area contributed by atoms with Gasteiger partial charge in [0.2, 0.25) is 5.95 Å². The van der Waals surface area contributed by atoms with E-state index in [4.69, 9.17) is 0 Å². The van der Waals surface area contributed by atoms with Gasteiger partial charge in [0.25, 0.3) is 11.5 Å². The minimum Gasteiger partial charge on any atom is -0.430 e. The van der Waals surface area contributed by atoms with Crippen LogP contribution in [0.25, 0.3) is 11.4 Å². The number of alkyl halides is 2. The Kier molecular flexibility index (Phi) is 6.56. The molecule has 0 bridgehead atoms. The quantitative estimate of drug-likeness (QED) is 0.509. The molecule has 1 aliphatic heterocycles. The first-order chi connectivity index (χ1) is 16.1. The van der Waals surface area contributed by atoms with E-state index in [9.17, 15) is 18.4 Å². The fourth-order valence-corrected chi connectivity index (χ4v) is 3.94. The summed E-state index contributed by atoms with van der Waals surface area (Å²) >= 11 is 0. The summed E-state index contributed by atoms with van der Waals surface area (Å²) in [4.78, 5) is 42.0. The van der Waals surface area contributed by atoms with Gasteiger partial charge < -0.3 is 14.5 Å². The molecule has 0 N–H and O–H groups in total. The van der Waals surface area contributed by atoms with Crippen molar-refractivity contribution >= 4 is 21.1 Å². The van der Waals surface area contributed by atoms with Gasteiger partial charge in [-0.05, 0) is 46.5 Å². The normalized spacial score (nSPS) is 16.4. The Morgan fingerprint density at radius 3 is 2.53 bits per heavy atom. The van der Waals surface area contributed by atoms with Crippen LogP contribution in [-0.2, 0) is 7.05 Å². The van der Waals surface area contributed by atoms with Crippen molar-refractivity contribution in [3.05, 3.63) is 64.8 Å². The molecule has 1 saturated heterocycles. The van der Waals surface area contributed by atoms with Gasteiger partial charge in [0.15, 0.2) is 0 Å². The van der Waals surface area contributed by atoms with Crippen molar-refractivity contribution in [3.8, 4) is 17.1 Å². The topological polar surface area (TPSA) is 93.5 Å². The second-order valence-electron chi connectivity index (χ2n) is 7.92. The fourth-order valence-electron chi connectivity index (χ4n) is 3.80. The standard InChI is InChI=1S/C22H23F2N6O3P/c1-14-12-29(20(32)15-3-5-16(6-4-15)33-22(23,24)34)9-10-30(14)21-27-18(11-19(31)28(21)2)17-7-8-25-13-26-17/h3-8,11,13-14H,9-10,12,34H2,1-2H3/t14-/m1/s1. The van der Waals surface area contributed by atoms with Gasteiger partial charge in [0, 0.05) is 50.6 Å². The molecule has 0 aliphatic carbocycles. The summed E-state index contributed by atoms with van der Waals surface area (Å²) in [6, 6.07) is 8.57. The Morgan fingerprint density at radius 2 is 1.91 bits per heavy atom. The number of amides is 1. The molecule has 1 aromatic carbocycles. The second-order valence-corrected chi connectivity index (χ2v) is 8.59. The number of benzene rings is 1. The average molecular weight is 488 g/mol. The van der Waals surface area contributed by atoms with Crippen molar-refractivity contribution in [1.82, 2.24) is 24.4 Å². The summed E-state index contributed by atoms with van der Waals surface area (Å²) in [5, 5.41) is 0. The molecule has 0 radical (unpaired) electrons. The number of aromatic nitrogens is 4. The van der Waals surface area contributed by atoms with E-state index < -0.39 is 5.85 Å². The Morgan fingerprint density at radius 1 is 1.18 bits per heavy atom. The lowest BCUT2D eigenvalue weighted by molar-refractivity contribution is -0.0892. The van der Waals surface area contributed by atoms with Crippen LogP contribution in [0.5, 0.6) is 5.75 Å². The zero-order valence-electron chi connectivity index (χ0n) is 18.6. The highest BCUT2D eigenvalue weighted by Gasteiger charge is 2.30. The third-order valence-electron chi connectivity index (χ3n) is 5.48. The Balaban J connectivity index is 1.50. The van der Waals surface area contributed by atoms with Crippen LogP contribution in [0.15, 0.2) is 53.7 Å². The molecule has 3 aromatic rings. The number of rotatable bonds is 5. The van der Waals surface area contributed by atoms with E-state index in [2.05, 4.69) is 19.7 Å². The molecule has 1 aliphatic rings. The number of anilines is 1. The first-order valence-corrected chi connectivity index (χ1v) is 11.1. The number of hydrogen-bond acceptors (Lipinski definition) is 7. The molecule has 4 rings (SSSR count). The molecular weight excluding hydrogens is 465 g/mol. The highest BCUT2D eigenvalue weighted by Crippen LogP contribution is 2.27.